The maximum atomic E-state index is 14.1. The molecule has 1 unspecified atom stereocenters. The summed E-state index contributed by atoms with van der Waals surface area (Å²) in [6, 6.07) is 2.21. The number of imidazole rings is 1. The summed E-state index contributed by atoms with van der Waals surface area (Å²) in [5, 5.41) is 14.4. The molecule has 9 heteroatoms. The number of carbonyl (C=O) groups is 1. The van der Waals surface area contributed by atoms with Crippen molar-refractivity contribution < 1.29 is 34.6 Å². The smallest absolute Gasteiger partial charge is 1.00 e. The summed E-state index contributed by atoms with van der Waals surface area (Å²) in [5.74, 6) is -1.56. The molecule has 1 atom stereocenters. The van der Waals surface area contributed by atoms with Crippen molar-refractivity contribution in [2.75, 3.05) is 0 Å². The van der Waals surface area contributed by atoms with Crippen LogP contribution >= 0.6 is 15.9 Å². The summed E-state index contributed by atoms with van der Waals surface area (Å²) in [6.45, 7) is 0.845. The van der Waals surface area contributed by atoms with Crippen LogP contribution in [0.15, 0.2) is 29.1 Å². The fraction of sp³-hybridized carbons (Fsp3) is 0.267. The first-order valence-corrected chi connectivity index (χ1v) is 7.95. The van der Waals surface area contributed by atoms with Gasteiger partial charge in [0, 0.05) is 23.8 Å². The molecule has 0 bridgehead atoms. The van der Waals surface area contributed by atoms with Crippen molar-refractivity contribution in [2.24, 2.45) is 0 Å². The number of nitrogens with zero attached hydrogens (tertiary/aromatic N) is 4. The molecule has 0 radical (unpaired) electrons. The number of aromatic nitrogens is 4. The van der Waals surface area contributed by atoms with Crippen LogP contribution in [0.4, 0.5) is 4.39 Å². The zero-order chi connectivity index (χ0) is 16.1. The number of aryl methyl sites for hydroxylation is 1. The number of fused-ring (bicyclic) bond motifs is 2. The maximum absolute atomic E-state index is 14.1. The average molecular weight is 387 g/mol. The quantitative estimate of drug-likeness (QED) is 0.636. The van der Waals surface area contributed by atoms with Crippen molar-refractivity contribution in [3.8, 4) is 0 Å². The van der Waals surface area contributed by atoms with Crippen molar-refractivity contribution in [2.45, 2.75) is 25.4 Å². The van der Waals surface area contributed by atoms with Gasteiger partial charge in [0.1, 0.15) is 5.52 Å². The van der Waals surface area contributed by atoms with E-state index in [2.05, 4.69) is 26.0 Å². The van der Waals surface area contributed by atoms with E-state index >= 15 is 0 Å². The van der Waals surface area contributed by atoms with Gasteiger partial charge in [-0.3, -0.25) is 4.68 Å². The van der Waals surface area contributed by atoms with Gasteiger partial charge in [-0.1, -0.05) is 0 Å². The van der Waals surface area contributed by atoms with Crippen LogP contribution in [0, 0.1) is 5.82 Å². The van der Waals surface area contributed by atoms with E-state index in [1.165, 1.54) is 4.68 Å². The third kappa shape index (κ3) is 2.59. The zero-order valence-corrected chi connectivity index (χ0v) is 14.5. The third-order valence-electron chi connectivity index (χ3n) is 4.14. The number of rotatable bonds is 3. The number of halogens is 2. The number of carboxylic acid groups (broad SMARTS) is 1. The molecule has 2 aromatic heterocycles. The number of hydrogen-bond donors (Lipinski definition) is 1. The van der Waals surface area contributed by atoms with Gasteiger partial charge in [0.2, 0.25) is 0 Å². The van der Waals surface area contributed by atoms with E-state index in [4.69, 9.17) is 0 Å². The number of benzene rings is 1. The molecule has 24 heavy (non-hydrogen) atoms. The van der Waals surface area contributed by atoms with E-state index in [0.29, 0.717) is 15.6 Å². The van der Waals surface area contributed by atoms with Crippen molar-refractivity contribution in [3.05, 3.63) is 46.3 Å². The molecule has 0 saturated heterocycles. The van der Waals surface area contributed by atoms with Crippen molar-refractivity contribution in [3.63, 3.8) is 0 Å². The molecule has 1 aliphatic rings. The van der Waals surface area contributed by atoms with Gasteiger partial charge in [-0.15, -0.1) is 0 Å². The molecule has 0 aliphatic carbocycles. The molecular formula is C15H13BrFLiN4O2. The van der Waals surface area contributed by atoms with Crippen molar-refractivity contribution in [1.29, 1.82) is 0 Å². The maximum Gasteiger partial charge on any atom is 1.00 e. The minimum absolute atomic E-state index is 0. The molecule has 1 aromatic carbocycles. The fourth-order valence-corrected chi connectivity index (χ4v) is 3.39. The van der Waals surface area contributed by atoms with Crippen LogP contribution in [0.1, 0.15) is 25.3 Å². The van der Waals surface area contributed by atoms with Crippen LogP contribution in [-0.4, -0.2) is 30.4 Å². The summed E-state index contributed by atoms with van der Waals surface area (Å²) >= 11 is 3.11. The fourth-order valence-electron chi connectivity index (χ4n) is 3.07. The van der Waals surface area contributed by atoms with Gasteiger partial charge in [0.15, 0.2) is 11.9 Å². The van der Waals surface area contributed by atoms with Crippen LogP contribution in [0.2, 0.25) is 0 Å². The summed E-state index contributed by atoms with van der Waals surface area (Å²) in [6.07, 6.45) is 4.97. The summed E-state index contributed by atoms with van der Waals surface area (Å²) in [7, 11) is 0. The molecular weight excluding hydrogens is 374 g/mol. The standard InChI is InChI=1S/C15H12BrFN4O2.Li.H/c16-9-4-3-8-6-21(19-12(8)11(9)17)14(15(22)23)13-10-2-1-5-20(10)7-18-13;;/h3-4,6-7,14H,1-2,5H2,(H,22,23);;/q;+1;-1. The molecule has 3 heterocycles. The minimum Gasteiger partial charge on any atom is -1.00 e. The molecule has 0 spiro atoms. The predicted octanol–water partition coefficient (Wildman–Crippen LogP) is -0.129. The summed E-state index contributed by atoms with van der Waals surface area (Å²) in [5.41, 5.74) is 1.53. The van der Waals surface area contributed by atoms with Gasteiger partial charge >= 0.3 is 24.8 Å². The van der Waals surface area contributed by atoms with E-state index in [0.717, 1.165) is 25.1 Å². The molecule has 0 fully saturated rings. The Labute approximate surface area is 158 Å². The topological polar surface area (TPSA) is 72.9 Å². The zero-order valence-electron chi connectivity index (χ0n) is 13.9. The second-order valence-corrected chi connectivity index (χ2v) is 6.38. The monoisotopic (exact) mass is 386 g/mol. The first kappa shape index (κ1) is 17.2. The Bertz CT molecular complexity index is 945. The van der Waals surface area contributed by atoms with Crippen LogP contribution in [0.5, 0.6) is 0 Å². The van der Waals surface area contributed by atoms with Crippen molar-refractivity contribution >= 4 is 32.8 Å². The van der Waals surface area contributed by atoms with Gasteiger partial charge in [-0.05, 0) is 40.9 Å². The third-order valence-corrected chi connectivity index (χ3v) is 4.75. The largest absolute Gasteiger partial charge is 1.00 e. The Hall–Kier alpha value is -1.62. The first-order valence-electron chi connectivity index (χ1n) is 7.16. The Morgan fingerprint density at radius 3 is 3.00 bits per heavy atom. The van der Waals surface area contributed by atoms with E-state index in [9.17, 15) is 14.3 Å². The van der Waals surface area contributed by atoms with E-state index < -0.39 is 17.8 Å². The molecule has 6 nitrogen and oxygen atoms in total. The number of hydrogen-bond acceptors (Lipinski definition) is 3. The van der Waals surface area contributed by atoms with Crippen LogP contribution in [0.3, 0.4) is 0 Å². The predicted molar refractivity (Wildman–Crippen MR) is 84.8 cm³/mol. The molecule has 120 valence electrons. The first-order chi connectivity index (χ1) is 11.1. The molecule has 4 rings (SSSR count). The second-order valence-electron chi connectivity index (χ2n) is 5.52. The number of carboxylic acids is 1. The minimum atomic E-state index is -1.06. The van der Waals surface area contributed by atoms with E-state index in [-0.39, 0.29) is 25.8 Å². The summed E-state index contributed by atoms with van der Waals surface area (Å²) in [4.78, 5) is 16.1. The van der Waals surface area contributed by atoms with Crippen LogP contribution in [0.25, 0.3) is 10.9 Å². The normalized spacial score (nSPS) is 14.4. The van der Waals surface area contributed by atoms with Gasteiger partial charge in [0.25, 0.3) is 0 Å². The van der Waals surface area contributed by atoms with Gasteiger partial charge in [-0.2, -0.15) is 5.10 Å². The van der Waals surface area contributed by atoms with Gasteiger partial charge < -0.3 is 11.1 Å². The van der Waals surface area contributed by atoms with Crippen LogP contribution < -0.4 is 18.9 Å². The van der Waals surface area contributed by atoms with Crippen LogP contribution in [-0.2, 0) is 17.8 Å². The molecule has 1 aliphatic heterocycles. The Morgan fingerprint density at radius 2 is 2.25 bits per heavy atom. The summed E-state index contributed by atoms with van der Waals surface area (Å²) < 4.78 is 17.7. The second kappa shape index (κ2) is 6.35. The van der Waals surface area contributed by atoms with E-state index in [1.54, 1.807) is 24.7 Å². The van der Waals surface area contributed by atoms with Crippen molar-refractivity contribution in [1.82, 2.24) is 19.3 Å². The molecule has 1 N–H and O–H groups in total. The average Bonchev–Trinajstić information content (AvgIpc) is 3.19. The van der Waals surface area contributed by atoms with Gasteiger partial charge in [0.05, 0.1) is 16.5 Å². The Kier molecular flexibility index (Phi) is 4.56. The number of aliphatic carboxylic acids is 1. The Morgan fingerprint density at radius 1 is 1.46 bits per heavy atom. The Balaban J connectivity index is 0.00000113. The van der Waals surface area contributed by atoms with Gasteiger partial charge in [-0.25, -0.2) is 14.2 Å². The molecule has 3 aromatic rings. The molecule has 0 amide bonds. The molecule has 0 saturated carbocycles. The SMILES string of the molecule is O=C(O)C(c1ncn2c1CCC2)n1cc2ccc(Br)c(F)c2n1.[H-].[Li+]. The van der Waals surface area contributed by atoms with E-state index in [1.807, 2.05) is 4.57 Å².